The maximum atomic E-state index is 15.1. The molecule has 69 heavy (non-hydrogen) atoms. The van der Waals surface area contributed by atoms with Gasteiger partial charge in [0.1, 0.15) is 24.1 Å². The molecule has 366 valence electrons. The molecule has 0 bridgehead atoms. The highest BCUT2D eigenvalue weighted by Crippen LogP contribution is 2.41. The smallest absolute Gasteiger partial charge is 0.342 e. The van der Waals surface area contributed by atoms with E-state index in [-0.39, 0.29) is 89.8 Å². The van der Waals surface area contributed by atoms with Crippen molar-refractivity contribution >= 4 is 70.2 Å². The van der Waals surface area contributed by atoms with Gasteiger partial charge in [0.05, 0.1) is 41.9 Å². The van der Waals surface area contributed by atoms with Gasteiger partial charge in [0.2, 0.25) is 23.7 Å². The van der Waals surface area contributed by atoms with Gasteiger partial charge in [-0.1, -0.05) is 18.9 Å². The highest BCUT2D eigenvalue weighted by atomic mass is 19.3. The van der Waals surface area contributed by atoms with E-state index in [0.29, 0.717) is 89.3 Å². The zero-order valence-corrected chi connectivity index (χ0v) is 38.3. The topological polar surface area (TPSA) is 230 Å². The summed E-state index contributed by atoms with van der Waals surface area (Å²) in [6.45, 7) is 2.64. The van der Waals surface area contributed by atoms with Gasteiger partial charge in [-0.05, 0) is 62.4 Å². The predicted octanol–water partition coefficient (Wildman–Crippen LogP) is 2.29. The number of carbonyl (C=O) groups excluding carboxylic acids is 7. The number of piperazine rings is 1. The minimum Gasteiger partial charge on any atom is -0.489 e. The van der Waals surface area contributed by atoms with E-state index < -0.39 is 48.0 Å². The Bertz CT molecular complexity index is 2540. The second kappa shape index (κ2) is 19.7. The van der Waals surface area contributed by atoms with Crippen LogP contribution < -0.4 is 35.4 Å². The molecule has 0 spiro atoms. The summed E-state index contributed by atoms with van der Waals surface area (Å²) >= 11 is 0. The maximum Gasteiger partial charge on any atom is 0.342 e. The Morgan fingerprint density at radius 1 is 0.928 bits per heavy atom. The number of aliphatic hydroxyl groups is 1. The van der Waals surface area contributed by atoms with Crippen LogP contribution in [0.1, 0.15) is 88.9 Å². The van der Waals surface area contributed by atoms with E-state index in [9.17, 15) is 38.7 Å². The number of ether oxygens (including phenoxy) is 1. The number of carbonyl (C=O) groups is 7. The third kappa shape index (κ3) is 9.63. The first kappa shape index (κ1) is 47.3. The molecule has 1 saturated carbocycles. The molecule has 1 unspecified atom stereocenters. The number of anilines is 5. The number of imide groups is 2. The number of fused-ring (bicyclic) bond motifs is 2. The first-order valence-electron chi connectivity index (χ1n) is 23.6. The number of piperidine rings is 2. The van der Waals surface area contributed by atoms with Gasteiger partial charge in [0.15, 0.2) is 5.82 Å². The van der Waals surface area contributed by atoms with Crippen LogP contribution in [0, 0.1) is 0 Å². The molecule has 7 amide bonds. The lowest BCUT2D eigenvalue weighted by Crippen LogP contribution is -2.54. The van der Waals surface area contributed by atoms with Crippen LogP contribution in [0.2, 0.25) is 0 Å². The van der Waals surface area contributed by atoms with Crippen LogP contribution in [0.25, 0.3) is 0 Å². The van der Waals surface area contributed by atoms with Gasteiger partial charge in [-0.25, -0.2) is 4.98 Å². The SMILES string of the molecule is CN1C(=O)C(F)(F)CN(C2CCCC2)c2nc(Nc3ccc(C(=O)NC4CCN(C(=O)CCN5CCN(c6cccc7c6C(=O)N(C6CCC(=O)NC6=O)C7=O)CC5)CC4)cc3OCCO)ncc21. The Hall–Kier alpha value is -6.81. The van der Waals surface area contributed by atoms with Gasteiger partial charge >= 0.3 is 5.92 Å². The van der Waals surface area contributed by atoms with Crippen LogP contribution in [-0.2, 0) is 19.2 Å². The summed E-state index contributed by atoms with van der Waals surface area (Å²) in [5, 5.41) is 17.9. The van der Waals surface area contributed by atoms with Crippen molar-refractivity contribution in [3.63, 3.8) is 0 Å². The van der Waals surface area contributed by atoms with E-state index >= 15 is 8.78 Å². The lowest BCUT2D eigenvalue weighted by Gasteiger charge is -2.37. The van der Waals surface area contributed by atoms with Crippen LogP contribution in [0.3, 0.4) is 0 Å². The number of hydrogen-bond donors (Lipinski definition) is 4. The standard InChI is InChI=1S/C47H55F2N11O9/c1-55-35-26-50-46(54-40(35)59(30-5-2-3-6-30)27-47(48,49)45(55)68)52-32-10-9-28(25-36(32)69-24-23-61)41(64)51-29-13-17-58(18-14-29)38(63)15-16-56-19-21-57(22-20-56)33-8-4-7-31-39(33)44(67)60(43(31)66)34-11-12-37(62)53-42(34)65/h4,7-10,25-26,29-30,34,61H,2-3,5-6,11-24,27H2,1H3,(H,51,64)(H,50,52,54)(H,53,62,65). The summed E-state index contributed by atoms with van der Waals surface area (Å²) in [5.74, 6) is -7.00. The van der Waals surface area contributed by atoms with Crippen molar-refractivity contribution in [3.8, 4) is 5.75 Å². The average molecular weight is 956 g/mol. The zero-order valence-electron chi connectivity index (χ0n) is 38.3. The summed E-state index contributed by atoms with van der Waals surface area (Å²) in [4.78, 5) is 109. The Morgan fingerprint density at radius 2 is 1.68 bits per heavy atom. The lowest BCUT2D eigenvalue weighted by atomic mass is 10.0. The summed E-state index contributed by atoms with van der Waals surface area (Å²) in [7, 11) is 1.28. The average Bonchev–Trinajstić information content (AvgIpc) is 3.96. The number of hydrogen-bond acceptors (Lipinski definition) is 15. The van der Waals surface area contributed by atoms with Crippen LogP contribution in [0.15, 0.2) is 42.6 Å². The lowest BCUT2D eigenvalue weighted by molar-refractivity contribution is -0.140. The zero-order chi connectivity index (χ0) is 48.6. The molecule has 3 aromatic rings. The molecule has 2 aromatic carbocycles. The van der Waals surface area contributed by atoms with Gasteiger partial charge in [-0.2, -0.15) is 13.8 Å². The monoisotopic (exact) mass is 955 g/mol. The number of likely N-dealkylation sites (tertiary alicyclic amines) is 1. The Morgan fingerprint density at radius 3 is 2.41 bits per heavy atom. The first-order chi connectivity index (χ1) is 33.2. The van der Waals surface area contributed by atoms with Crippen LogP contribution in [0.5, 0.6) is 5.75 Å². The molecule has 1 aliphatic carbocycles. The van der Waals surface area contributed by atoms with E-state index in [2.05, 4.69) is 30.8 Å². The largest absolute Gasteiger partial charge is 0.489 e. The van der Waals surface area contributed by atoms with Crippen molar-refractivity contribution in [1.82, 2.24) is 35.3 Å². The summed E-state index contributed by atoms with van der Waals surface area (Å²) in [6, 6.07) is 8.36. The molecule has 6 heterocycles. The number of amides is 7. The minimum absolute atomic E-state index is 0.0117. The van der Waals surface area contributed by atoms with Crippen molar-refractivity contribution in [2.24, 2.45) is 0 Å². The van der Waals surface area contributed by atoms with Gasteiger partial charge in [-0.3, -0.25) is 48.7 Å². The van der Waals surface area contributed by atoms with Crippen LogP contribution in [-0.4, -0.2) is 168 Å². The van der Waals surface area contributed by atoms with Crippen LogP contribution >= 0.6 is 0 Å². The fourth-order valence-electron chi connectivity index (χ4n) is 10.2. The molecule has 4 N–H and O–H groups in total. The molecular weight excluding hydrogens is 901 g/mol. The van der Waals surface area contributed by atoms with E-state index in [1.54, 1.807) is 30.3 Å². The number of halogens is 2. The number of alkyl halides is 2. The van der Waals surface area contributed by atoms with E-state index in [0.717, 1.165) is 22.6 Å². The Balaban J connectivity index is 0.760. The van der Waals surface area contributed by atoms with E-state index in [4.69, 9.17) is 4.74 Å². The van der Waals surface area contributed by atoms with E-state index in [1.807, 2.05) is 9.80 Å². The maximum absolute atomic E-state index is 15.1. The number of aromatic nitrogens is 2. The van der Waals surface area contributed by atoms with Crippen molar-refractivity contribution in [3.05, 3.63) is 59.3 Å². The molecule has 4 fully saturated rings. The second-order valence-corrected chi connectivity index (χ2v) is 18.3. The number of rotatable bonds is 13. The Kier molecular flexibility index (Phi) is 13.5. The highest BCUT2D eigenvalue weighted by Gasteiger charge is 2.49. The van der Waals surface area contributed by atoms with Gasteiger partial charge in [0.25, 0.3) is 23.6 Å². The molecule has 0 radical (unpaired) electrons. The third-order valence-electron chi connectivity index (χ3n) is 14.0. The minimum atomic E-state index is -3.63. The molecule has 1 aromatic heterocycles. The third-order valence-corrected chi connectivity index (χ3v) is 14.0. The van der Waals surface area contributed by atoms with Crippen molar-refractivity contribution in [1.29, 1.82) is 0 Å². The van der Waals surface area contributed by atoms with Gasteiger partial charge < -0.3 is 40.1 Å². The van der Waals surface area contributed by atoms with Crippen LogP contribution in [0.4, 0.5) is 37.6 Å². The summed E-state index contributed by atoms with van der Waals surface area (Å²) < 4.78 is 36.0. The molecule has 22 heteroatoms. The predicted molar refractivity (Wildman–Crippen MR) is 246 cm³/mol. The first-order valence-corrected chi connectivity index (χ1v) is 23.6. The van der Waals surface area contributed by atoms with E-state index in [1.165, 1.54) is 24.2 Å². The van der Waals surface area contributed by atoms with Crippen molar-refractivity contribution in [2.45, 2.75) is 81.8 Å². The normalized spacial score (nSPS) is 21.3. The molecule has 5 aliphatic heterocycles. The fourth-order valence-corrected chi connectivity index (χ4v) is 10.2. The van der Waals surface area contributed by atoms with Gasteiger partial charge in [-0.15, -0.1) is 0 Å². The molecule has 6 aliphatic rings. The van der Waals surface area contributed by atoms with Gasteiger partial charge in [0, 0.05) is 83.3 Å². The number of nitrogens with one attached hydrogen (secondary N) is 3. The highest BCUT2D eigenvalue weighted by molar-refractivity contribution is 6.25. The quantitative estimate of drug-likeness (QED) is 0.180. The molecular formula is C47H55F2N11O9. The molecule has 3 saturated heterocycles. The second-order valence-electron chi connectivity index (χ2n) is 18.3. The molecule has 1 atom stereocenters. The molecule has 9 rings (SSSR count). The summed E-state index contributed by atoms with van der Waals surface area (Å²) in [6.07, 6.45) is 6.00. The Labute approximate surface area is 396 Å². The molecule has 20 nitrogen and oxygen atoms in total. The number of aliphatic hydroxyl groups excluding tert-OH is 1. The fraction of sp³-hybridized carbons (Fsp3) is 0.511. The van der Waals surface area contributed by atoms with Crippen molar-refractivity contribution < 1.29 is 52.2 Å². The number of nitrogens with zero attached hydrogens (tertiary/aromatic N) is 8. The number of benzene rings is 2. The summed E-state index contributed by atoms with van der Waals surface area (Å²) in [5.41, 5.74) is 1.91. The van der Waals surface area contributed by atoms with Crippen molar-refractivity contribution in [2.75, 3.05) is 92.6 Å².